The zero-order chi connectivity index (χ0) is 26.7. The molecule has 1 fully saturated rings. The van der Waals surface area contributed by atoms with E-state index in [1.54, 1.807) is 12.3 Å². The summed E-state index contributed by atoms with van der Waals surface area (Å²) in [4.78, 5) is 19.4. The second-order valence-electron chi connectivity index (χ2n) is 10.7. The van der Waals surface area contributed by atoms with Crippen molar-refractivity contribution in [2.75, 3.05) is 26.2 Å². The highest BCUT2D eigenvalue weighted by Crippen LogP contribution is 2.22. The van der Waals surface area contributed by atoms with Gasteiger partial charge in [0.2, 0.25) is 5.91 Å². The van der Waals surface area contributed by atoms with Crippen LogP contribution in [0, 0.1) is 11.7 Å². The van der Waals surface area contributed by atoms with E-state index in [2.05, 4.69) is 29.0 Å². The Balaban J connectivity index is 1.23. The van der Waals surface area contributed by atoms with E-state index >= 15 is 0 Å². The fourth-order valence-electron chi connectivity index (χ4n) is 4.77. The van der Waals surface area contributed by atoms with Gasteiger partial charge in [-0.2, -0.15) is 0 Å². The number of likely N-dealkylation sites (tertiary alicyclic amines) is 1. The summed E-state index contributed by atoms with van der Waals surface area (Å²) in [5, 5.41) is 2.89. The van der Waals surface area contributed by atoms with Crippen LogP contribution in [0.2, 0.25) is 0 Å². The Hall–Kier alpha value is -3.25. The molecule has 1 aromatic heterocycles. The van der Waals surface area contributed by atoms with Crippen LogP contribution in [0.3, 0.4) is 0 Å². The molecule has 0 radical (unpaired) electrons. The molecule has 3 aromatic rings. The molecule has 202 valence electrons. The van der Waals surface area contributed by atoms with E-state index in [1.165, 1.54) is 38.4 Å². The van der Waals surface area contributed by atoms with Crippen molar-refractivity contribution in [2.24, 2.45) is 5.92 Å². The van der Waals surface area contributed by atoms with Gasteiger partial charge in [0.15, 0.2) is 0 Å². The van der Waals surface area contributed by atoms with Gasteiger partial charge in [0.05, 0.1) is 6.42 Å². The number of rotatable bonds is 12. The van der Waals surface area contributed by atoms with E-state index < -0.39 is 0 Å². The Bertz CT molecular complexity index is 1160. The molecule has 0 spiro atoms. The van der Waals surface area contributed by atoms with E-state index in [1.807, 2.05) is 42.5 Å². The minimum atomic E-state index is -0.259. The summed E-state index contributed by atoms with van der Waals surface area (Å²) in [6.45, 7) is 8.65. The largest absolute Gasteiger partial charge is 0.492 e. The van der Waals surface area contributed by atoms with E-state index in [9.17, 15) is 9.18 Å². The number of carbonyl (C=O) groups is 1. The number of pyridine rings is 1. The summed E-state index contributed by atoms with van der Waals surface area (Å²) in [5.41, 5.74) is 4.48. The number of aryl methyl sites for hydroxylation is 1. The fourth-order valence-corrected chi connectivity index (χ4v) is 4.77. The van der Waals surface area contributed by atoms with Crippen LogP contribution in [0.5, 0.6) is 5.75 Å². The van der Waals surface area contributed by atoms with Crippen molar-refractivity contribution in [3.05, 3.63) is 83.4 Å². The lowest BCUT2D eigenvalue weighted by atomic mass is 10.0. The third-order valence-corrected chi connectivity index (χ3v) is 7.00. The predicted molar refractivity (Wildman–Crippen MR) is 151 cm³/mol. The molecule has 2 heterocycles. The molecule has 38 heavy (non-hydrogen) atoms. The Labute approximate surface area is 226 Å². The van der Waals surface area contributed by atoms with Crippen LogP contribution in [-0.4, -0.2) is 42.0 Å². The number of hydrogen-bond acceptors (Lipinski definition) is 4. The van der Waals surface area contributed by atoms with Gasteiger partial charge in [-0.1, -0.05) is 44.5 Å². The first-order valence-electron chi connectivity index (χ1n) is 13.9. The number of ether oxygens (including phenoxy) is 1. The van der Waals surface area contributed by atoms with Gasteiger partial charge >= 0.3 is 0 Å². The molecule has 0 unspecified atom stereocenters. The van der Waals surface area contributed by atoms with Crippen LogP contribution < -0.4 is 10.1 Å². The van der Waals surface area contributed by atoms with Crippen molar-refractivity contribution >= 4 is 5.91 Å². The number of nitrogens with one attached hydrogen (secondary N) is 1. The first-order valence-corrected chi connectivity index (χ1v) is 13.9. The molecule has 0 saturated carbocycles. The molecule has 0 atom stereocenters. The monoisotopic (exact) mass is 517 g/mol. The van der Waals surface area contributed by atoms with Gasteiger partial charge < -0.3 is 10.1 Å². The van der Waals surface area contributed by atoms with Gasteiger partial charge in [0.25, 0.3) is 0 Å². The number of carbonyl (C=O) groups excluding carboxylic acids is 1. The second kappa shape index (κ2) is 14.1. The summed E-state index contributed by atoms with van der Waals surface area (Å²) >= 11 is 0. The molecule has 4 rings (SSSR count). The van der Waals surface area contributed by atoms with Gasteiger partial charge in [-0.25, -0.2) is 4.39 Å². The summed E-state index contributed by atoms with van der Waals surface area (Å²) < 4.78 is 19.9. The molecule has 0 bridgehead atoms. The van der Waals surface area contributed by atoms with Gasteiger partial charge in [0, 0.05) is 30.5 Å². The van der Waals surface area contributed by atoms with Crippen LogP contribution >= 0.6 is 0 Å². The van der Waals surface area contributed by atoms with Gasteiger partial charge in [-0.3, -0.25) is 14.7 Å². The van der Waals surface area contributed by atoms with E-state index in [-0.39, 0.29) is 18.1 Å². The smallest absolute Gasteiger partial charge is 0.226 e. The summed E-state index contributed by atoms with van der Waals surface area (Å²) in [6, 6.07) is 17.0. The van der Waals surface area contributed by atoms with Gasteiger partial charge in [0.1, 0.15) is 18.2 Å². The first-order chi connectivity index (χ1) is 18.4. The number of amides is 1. The zero-order valence-corrected chi connectivity index (χ0v) is 22.7. The van der Waals surface area contributed by atoms with Crippen molar-refractivity contribution in [3.8, 4) is 16.9 Å². The molecule has 1 saturated heterocycles. The Morgan fingerprint density at radius 2 is 1.74 bits per heavy atom. The average Bonchev–Trinajstić information content (AvgIpc) is 2.92. The number of nitrogens with zero attached hydrogens (tertiary/aromatic N) is 2. The zero-order valence-electron chi connectivity index (χ0n) is 22.7. The van der Waals surface area contributed by atoms with Crippen LogP contribution in [0.4, 0.5) is 4.39 Å². The van der Waals surface area contributed by atoms with Crippen molar-refractivity contribution in [1.82, 2.24) is 15.2 Å². The second-order valence-corrected chi connectivity index (χ2v) is 10.7. The molecule has 1 aliphatic heterocycles. The molecule has 6 heteroatoms. The van der Waals surface area contributed by atoms with Crippen molar-refractivity contribution in [1.29, 1.82) is 0 Å². The third-order valence-electron chi connectivity index (χ3n) is 7.00. The molecular formula is C32H40FN3O2. The van der Waals surface area contributed by atoms with Crippen molar-refractivity contribution in [3.63, 3.8) is 0 Å². The highest BCUT2D eigenvalue weighted by molar-refractivity contribution is 5.78. The maximum Gasteiger partial charge on any atom is 0.226 e. The SMILES string of the molecule is CC(C)CCc1cc(F)cc(CNC(=O)Cc2ccc(-c3ccc(OCCN4CCCCC4)cc3)cn2)c1. The number of aromatic nitrogens is 1. The number of halogens is 1. The highest BCUT2D eigenvalue weighted by Gasteiger charge is 2.10. The summed E-state index contributed by atoms with van der Waals surface area (Å²) in [7, 11) is 0. The third kappa shape index (κ3) is 8.95. The van der Waals surface area contributed by atoms with Gasteiger partial charge in [-0.15, -0.1) is 0 Å². The summed E-state index contributed by atoms with van der Waals surface area (Å²) in [5.74, 6) is 1.04. The van der Waals surface area contributed by atoms with E-state index in [0.717, 1.165) is 47.4 Å². The summed E-state index contributed by atoms with van der Waals surface area (Å²) in [6.07, 6.45) is 7.75. The Morgan fingerprint density at radius 3 is 2.45 bits per heavy atom. The van der Waals surface area contributed by atoms with Crippen LogP contribution in [0.25, 0.3) is 11.1 Å². The minimum absolute atomic E-state index is 0.135. The van der Waals surface area contributed by atoms with E-state index in [0.29, 0.717) is 24.8 Å². The normalized spacial score (nSPS) is 14.0. The average molecular weight is 518 g/mol. The molecule has 1 amide bonds. The number of hydrogen-bond donors (Lipinski definition) is 1. The molecule has 0 aliphatic carbocycles. The molecule has 2 aromatic carbocycles. The first kappa shape index (κ1) is 27.8. The molecule has 1 N–H and O–H groups in total. The van der Waals surface area contributed by atoms with Crippen molar-refractivity contribution < 1.29 is 13.9 Å². The maximum atomic E-state index is 14.0. The van der Waals surface area contributed by atoms with Crippen LogP contribution in [0.15, 0.2) is 60.8 Å². The lowest BCUT2D eigenvalue weighted by Crippen LogP contribution is -2.33. The number of benzene rings is 2. The molecule has 1 aliphatic rings. The highest BCUT2D eigenvalue weighted by atomic mass is 19.1. The standard InChI is InChI=1S/C32H40FN3O2/c1-24(2)6-7-25-18-26(20-29(33)19-25)22-35-32(37)21-30-11-8-28(23-34-30)27-9-12-31(13-10-27)38-17-16-36-14-4-3-5-15-36/h8-13,18-20,23-24H,3-7,14-17,21-22H2,1-2H3,(H,35,37). The topological polar surface area (TPSA) is 54.5 Å². The molecule has 5 nitrogen and oxygen atoms in total. The molecular weight excluding hydrogens is 477 g/mol. The van der Waals surface area contributed by atoms with Crippen molar-refractivity contribution in [2.45, 2.75) is 58.9 Å². The van der Waals surface area contributed by atoms with Crippen LogP contribution in [-0.2, 0) is 24.2 Å². The van der Waals surface area contributed by atoms with E-state index in [4.69, 9.17) is 4.74 Å². The van der Waals surface area contributed by atoms with Crippen LogP contribution in [0.1, 0.15) is 56.4 Å². The Morgan fingerprint density at radius 1 is 1.00 bits per heavy atom. The lowest BCUT2D eigenvalue weighted by Gasteiger charge is -2.26. The number of piperidine rings is 1. The lowest BCUT2D eigenvalue weighted by molar-refractivity contribution is -0.120. The maximum absolute atomic E-state index is 14.0. The fraction of sp³-hybridized carbons (Fsp3) is 0.438. The Kier molecular flexibility index (Phi) is 10.3. The predicted octanol–water partition coefficient (Wildman–Crippen LogP) is 6.20. The quantitative estimate of drug-likeness (QED) is 0.311. The van der Waals surface area contributed by atoms with Gasteiger partial charge in [-0.05, 0) is 91.7 Å². The minimum Gasteiger partial charge on any atom is -0.492 e.